The van der Waals surface area contributed by atoms with Crippen LogP contribution in [0.4, 0.5) is 68.2 Å². The Morgan fingerprint density at radius 1 is 0.265 bits per heavy atom. The van der Waals surface area contributed by atoms with Crippen molar-refractivity contribution >= 4 is 144 Å². The number of hydrogen-bond acceptors (Lipinski definition) is 4. The zero-order valence-electron chi connectivity index (χ0n) is 55.6. The monoisotopic (exact) mass is 1260 g/mol. The van der Waals surface area contributed by atoms with Gasteiger partial charge in [-0.25, -0.2) is 0 Å². The van der Waals surface area contributed by atoms with E-state index in [0.29, 0.717) is 5.92 Å². The van der Waals surface area contributed by atoms with Crippen LogP contribution in [0.1, 0.15) is 60.4 Å². The second-order valence-electron chi connectivity index (χ2n) is 26.9. The standard InChI is InChI=1S/C92H72N6/c1-60(2)65-48-52-70(53-49-65)93(67-27-9-6-10-28-67)79-40-20-44-83-87(79)75-36-18-37-76-88-80(41-21-45-84(88)97(83)91(75)76)94(68-29-11-7-12-30-68)71-54-50-66(51-55-71)63(5)58-64-26-17-35-74(59-64)96(73-34-16-25-62(4)57-73)82-43-23-47-86-90(82)78-39-19-38-77-89-81(42-22-46-85(89)98(86)92(77)78)95(69-31-13-8-14-32-69)72-33-15-24-61(3)56-72/h6-57,59-60,63H,58H2,1-5H3. The summed E-state index contributed by atoms with van der Waals surface area (Å²) in [4.78, 5) is 9.80. The van der Waals surface area contributed by atoms with E-state index in [1.165, 1.54) is 104 Å². The summed E-state index contributed by atoms with van der Waals surface area (Å²) in [5.74, 6) is 0.670. The molecule has 0 saturated carbocycles. The maximum atomic E-state index is 2.52. The third-order valence-corrected chi connectivity index (χ3v) is 20.4. The van der Waals surface area contributed by atoms with E-state index in [9.17, 15) is 0 Å². The van der Waals surface area contributed by atoms with Gasteiger partial charge >= 0.3 is 0 Å². The highest BCUT2D eigenvalue weighted by Gasteiger charge is 2.29. The van der Waals surface area contributed by atoms with Gasteiger partial charge in [-0.2, -0.15) is 0 Å². The summed E-state index contributed by atoms with van der Waals surface area (Å²) in [6.07, 6.45) is 0.865. The van der Waals surface area contributed by atoms with Gasteiger partial charge in [0.1, 0.15) is 0 Å². The van der Waals surface area contributed by atoms with E-state index in [0.717, 1.165) is 74.7 Å². The van der Waals surface area contributed by atoms with Crippen molar-refractivity contribution in [3.63, 3.8) is 0 Å². The Balaban J connectivity index is 0.701. The van der Waals surface area contributed by atoms with Crippen molar-refractivity contribution in [1.82, 2.24) is 8.80 Å². The molecule has 6 nitrogen and oxygen atoms in total. The summed E-state index contributed by atoms with van der Waals surface area (Å²) >= 11 is 0. The lowest BCUT2D eigenvalue weighted by Crippen LogP contribution is -2.11. The van der Waals surface area contributed by atoms with Gasteiger partial charge in [-0.15, -0.1) is 0 Å². The number of rotatable bonds is 16. The predicted molar refractivity (Wildman–Crippen MR) is 417 cm³/mol. The molecule has 0 amide bonds. The first-order chi connectivity index (χ1) is 48.2. The maximum Gasteiger partial charge on any atom is 0.0622 e. The van der Waals surface area contributed by atoms with E-state index in [2.05, 4.69) is 385 Å². The first-order valence-corrected chi connectivity index (χ1v) is 34.4. The van der Waals surface area contributed by atoms with Crippen LogP contribution in [-0.2, 0) is 6.42 Å². The zero-order chi connectivity index (χ0) is 65.7. The van der Waals surface area contributed by atoms with E-state index >= 15 is 0 Å². The molecule has 4 heterocycles. The van der Waals surface area contributed by atoms with E-state index < -0.39 is 0 Å². The van der Waals surface area contributed by atoms with Gasteiger partial charge in [-0.1, -0.05) is 197 Å². The number of fused-ring (bicyclic) bond motifs is 12. The number of aryl methyl sites for hydroxylation is 2. The van der Waals surface area contributed by atoms with Crippen molar-refractivity contribution in [3.05, 3.63) is 349 Å². The Morgan fingerprint density at radius 2 is 0.561 bits per heavy atom. The summed E-state index contributed by atoms with van der Waals surface area (Å²) in [6, 6.07) is 119. The second-order valence-corrected chi connectivity index (χ2v) is 26.9. The van der Waals surface area contributed by atoms with Crippen LogP contribution >= 0.6 is 0 Å². The van der Waals surface area contributed by atoms with Gasteiger partial charge in [0.25, 0.3) is 0 Å². The van der Waals surface area contributed by atoms with Crippen molar-refractivity contribution in [2.75, 3.05) is 19.6 Å². The van der Waals surface area contributed by atoms with Crippen molar-refractivity contribution in [1.29, 1.82) is 0 Å². The van der Waals surface area contributed by atoms with Crippen LogP contribution in [0.5, 0.6) is 0 Å². The fraction of sp³-hybridized carbons (Fsp3) is 0.0870. The molecule has 0 aliphatic carbocycles. The van der Waals surface area contributed by atoms with E-state index in [1.54, 1.807) is 0 Å². The molecule has 1 atom stereocenters. The lowest BCUT2D eigenvalue weighted by Gasteiger charge is -2.28. The molecule has 0 aliphatic rings. The number of hydrogen-bond donors (Lipinski definition) is 0. The molecule has 0 saturated heterocycles. The summed E-state index contributed by atoms with van der Waals surface area (Å²) in [5, 5.41) is 9.86. The lowest BCUT2D eigenvalue weighted by molar-refractivity contribution is 0.759. The summed E-state index contributed by atoms with van der Waals surface area (Å²) in [7, 11) is 0. The van der Waals surface area contributed by atoms with E-state index in [1.807, 2.05) is 0 Å². The zero-order valence-corrected chi connectivity index (χ0v) is 55.6. The van der Waals surface area contributed by atoms with Gasteiger partial charge in [0.15, 0.2) is 0 Å². The average Bonchev–Trinajstić information content (AvgIpc) is 1.54. The quantitative estimate of drug-likeness (QED) is 0.0961. The largest absolute Gasteiger partial charge is 0.310 e. The molecule has 18 rings (SSSR count). The minimum absolute atomic E-state index is 0.225. The van der Waals surface area contributed by atoms with Gasteiger partial charge in [-0.05, 0) is 206 Å². The third-order valence-electron chi connectivity index (χ3n) is 20.4. The van der Waals surface area contributed by atoms with Crippen LogP contribution < -0.4 is 19.6 Å². The molecule has 0 spiro atoms. The van der Waals surface area contributed by atoms with Crippen molar-refractivity contribution in [2.45, 2.75) is 52.9 Å². The number of anilines is 12. The molecular weight excluding hydrogens is 1190 g/mol. The average molecular weight is 1260 g/mol. The number of nitrogens with zero attached hydrogens (tertiary/aromatic N) is 6. The third kappa shape index (κ3) is 9.53. The predicted octanol–water partition coefficient (Wildman–Crippen LogP) is 26.0. The summed E-state index contributed by atoms with van der Waals surface area (Å²) in [6.45, 7) is 11.3. The van der Waals surface area contributed by atoms with Crippen molar-refractivity contribution in [3.8, 4) is 0 Å². The van der Waals surface area contributed by atoms with Crippen LogP contribution in [0.3, 0.4) is 0 Å². The molecular formula is C92H72N6. The normalized spacial score (nSPS) is 12.2. The molecule has 0 N–H and O–H groups in total. The molecule has 14 aromatic carbocycles. The van der Waals surface area contributed by atoms with Crippen molar-refractivity contribution in [2.24, 2.45) is 0 Å². The summed E-state index contributed by atoms with van der Waals surface area (Å²) in [5.41, 5.74) is 27.1. The smallest absolute Gasteiger partial charge is 0.0622 e. The first-order valence-electron chi connectivity index (χ1n) is 34.4. The molecule has 18 aromatic rings. The second kappa shape index (κ2) is 23.7. The van der Waals surface area contributed by atoms with Gasteiger partial charge in [0, 0.05) is 88.6 Å². The van der Waals surface area contributed by atoms with Gasteiger partial charge < -0.3 is 28.4 Å². The highest BCUT2D eigenvalue weighted by atomic mass is 15.2. The molecule has 470 valence electrons. The van der Waals surface area contributed by atoms with Crippen LogP contribution in [0.25, 0.3) is 76.2 Å². The van der Waals surface area contributed by atoms with Crippen LogP contribution in [0, 0.1) is 13.8 Å². The Labute approximate surface area is 571 Å². The molecule has 98 heavy (non-hydrogen) atoms. The lowest BCUT2D eigenvalue weighted by atomic mass is 9.93. The van der Waals surface area contributed by atoms with Crippen LogP contribution in [0.15, 0.2) is 322 Å². The van der Waals surface area contributed by atoms with Gasteiger partial charge in [0.05, 0.1) is 55.8 Å². The number of para-hydroxylation sites is 5. The summed E-state index contributed by atoms with van der Waals surface area (Å²) < 4.78 is 5.04. The minimum atomic E-state index is 0.225. The molecule has 0 radical (unpaired) electrons. The molecule has 0 aliphatic heterocycles. The Kier molecular flexibility index (Phi) is 14.1. The molecule has 0 bridgehead atoms. The van der Waals surface area contributed by atoms with Gasteiger partial charge in [-0.3, -0.25) is 0 Å². The highest BCUT2D eigenvalue weighted by molar-refractivity contribution is 6.30. The van der Waals surface area contributed by atoms with Crippen LogP contribution in [-0.4, -0.2) is 8.80 Å². The Hall–Kier alpha value is -12.1. The molecule has 4 aromatic heterocycles. The number of benzene rings is 14. The molecule has 6 heteroatoms. The maximum absolute atomic E-state index is 2.52. The Bertz CT molecular complexity index is 5990. The topological polar surface area (TPSA) is 21.8 Å². The SMILES string of the molecule is Cc1cccc(N(c2ccccc2)c2cccc3c2c2cccc4c5c(N(c6cccc(C)c6)c6cccc(CC(C)c7ccc(N(c8ccccc8)c8cccc9c8c8cccc%10c%11c(N(c%12ccccc%12)c%12ccc(C(C)C)cc%12)cccc%11n9c%108)cc7)c6)cccc5n3c24)c1. The number of aromatic nitrogens is 2. The van der Waals surface area contributed by atoms with E-state index in [-0.39, 0.29) is 5.92 Å². The minimum Gasteiger partial charge on any atom is -0.310 e. The van der Waals surface area contributed by atoms with Crippen LogP contribution in [0.2, 0.25) is 0 Å². The molecule has 1 unspecified atom stereocenters. The van der Waals surface area contributed by atoms with E-state index in [4.69, 9.17) is 0 Å². The Morgan fingerprint density at radius 3 is 0.929 bits per heavy atom. The highest BCUT2D eigenvalue weighted by Crippen LogP contribution is 2.52. The first kappa shape index (κ1) is 58.5. The van der Waals surface area contributed by atoms with Crippen molar-refractivity contribution < 1.29 is 0 Å². The van der Waals surface area contributed by atoms with Gasteiger partial charge in [0.2, 0.25) is 0 Å². The fourth-order valence-corrected chi connectivity index (χ4v) is 16.1. The fourth-order valence-electron chi connectivity index (χ4n) is 16.1. The molecule has 0 fully saturated rings.